The van der Waals surface area contributed by atoms with Gasteiger partial charge in [0.2, 0.25) is 0 Å². The van der Waals surface area contributed by atoms with Crippen LogP contribution in [-0.4, -0.2) is 50.9 Å². The molecule has 9 nitrogen and oxygen atoms in total. The standard InChI is InChI=1S/C31H28N6O3/c32-17-23-10-3-4-14-37(23)31(40)21-8-5-7-20(15-21)25-16-27(24-11-1-2-12-28(24)38)35-29(26(25)18-33)36-30(39)22-9-6-13-34-19-22/h1-2,5-9,11-13,15-16,19,23,38H,3-4,10,14,17,32H2,(H,35,36,39). The normalized spacial score (nSPS) is 14.8. The van der Waals surface area contributed by atoms with E-state index in [-0.39, 0.29) is 29.1 Å². The summed E-state index contributed by atoms with van der Waals surface area (Å²) in [6, 6.07) is 20.8. The van der Waals surface area contributed by atoms with Gasteiger partial charge in [-0.15, -0.1) is 0 Å². The Morgan fingerprint density at radius 2 is 1.88 bits per heavy atom. The number of nitrogens with two attached hydrogens (primary N) is 1. The summed E-state index contributed by atoms with van der Waals surface area (Å²) in [5.74, 6) is -0.574. The molecule has 1 saturated heterocycles. The zero-order valence-corrected chi connectivity index (χ0v) is 21.7. The Morgan fingerprint density at radius 1 is 1.05 bits per heavy atom. The number of hydrogen-bond acceptors (Lipinski definition) is 7. The highest BCUT2D eigenvalue weighted by Gasteiger charge is 2.27. The number of benzene rings is 2. The fraction of sp³-hybridized carbons (Fsp3) is 0.194. The van der Waals surface area contributed by atoms with Crippen molar-refractivity contribution in [1.82, 2.24) is 14.9 Å². The molecule has 1 aliphatic heterocycles. The van der Waals surface area contributed by atoms with Crippen LogP contribution in [0.2, 0.25) is 0 Å². The second kappa shape index (κ2) is 11.8. The number of aromatic hydroxyl groups is 1. The lowest BCUT2D eigenvalue weighted by molar-refractivity contribution is 0.0623. The van der Waals surface area contributed by atoms with E-state index >= 15 is 0 Å². The van der Waals surface area contributed by atoms with Crippen LogP contribution < -0.4 is 11.1 Å². The number of rotatable bonds is 6. The number of nitrogens with one attached hydrogen (secondary N) is 1. The fourth-order valence-corrected chi connectivity index (χ4v) is 4.98. The van der Waals surface area contributed by atoms with Crippen molar-refractivity contribution in [2.45, 2.75) is 25.3 Å². The number of amides is 2. The number of carbonyl (C=O) groups is 2. The summed E-state index contributed by atoms with van der Waals surface area (Å²) < 4.78 is 0. The molecule has 0 radical (unpaired) electrons. The third-order valence-electron chi connectivity index (χ3n) is 7.05. The Kier molecular flexibility index (Phi) is 7.80. The number of carbonyl (C=O) groups excluding carboxylic acids is 2. The number of anilines is 1. The first-order valence-electron chi connectivity index (χ1n) is 13.1. The minimum Gasteiger partial charge on any atom is -0.507 e. The Balaban J connectivity index is 1.62. The molecule has 3 heterocycles. The van der Waals surface area contributed by atoms with Gasteiger partial charge in [0.05, 0.1) is 11.3 Å². The number of hydrogen-bond donors (Lipinski definition) is 3. The molecule has 4 aromatic rings. The molecule has 1 unspecified atom stereocenters. The molecule has 2 aromatic heterocycles. The first-order valence-corrected chi connectivity index (χ1v) is 13.1. The molecular weight excluding hydrogens is 504 g/mol. The minimum atomic E-state index is -0.487. The molecule has 0 aliphatic carbocycles. The molecule has 4 N–H and O–H groups in total. The van der Waals surface area contributed by atoms with Crippen molar-refractivity contribution in [2.24, 2.45) is 5.73 Å². The number of nitrogens with zero attached hydrogens (tertiary/aromatic N) is 4. The van der Waals surface area contributed by atoms with Gasteiger partial charge in [-0.3, -0.25) is 14.6 Å². The summed E-state index contributed by atoms with van der Waals surface area (Å²) in [7, 11) is 0. The molecule has 9 heteroatoms. The maximum absolute atomic E-state index is 13.5. The van der Waals surface area contributed by atoms with Gasteiger partial charge in [0.25, 0.3) is 11.8 Å². The molecule has 0 spiro atoms. The van der Waals surface area contributed by atoms with Crippen molar-refractivity contribution in [2.75, 3.05) is 18.4 Å². The molecule has 1 fully saturated rings. The van der Waals surface area contributed by atoms with E-state index < -0.39 is 5.91 Å². The summed E-state index contributed by atoms with van der Waals surface area (Å²) >= 11 is 0. The Bertz CT molecular complexity index is 1600. The van der Waals surface area contributed by atoms with E-state index in [4.69, 9.17) is 5.73 Å². The van der Waals surface area contributed by atoms with E-state index in [1.54, 1.807) is 66.9 Å². The SMILES string of the molecule is N#Cc1c(-c2cccc(C(=O)N3CCCCC3CN)c2)cc(-c2ccccc2O)nc1NC(=O)c1cccnc1. The van der Waals surface area contributed by atoms with Crippen molar-refractivity contribution in [1.29, 1.82) is 5.26 Å². The number of aromatic nitrogens is 2. The highest BCUT2D eigenvalue weighted by atomic mass is 16.3. The van der Waals surface area contributed by atoms with Gasteiger partial charge in [0, 0.05) is 48.2 Å². The predicted octanol–water partition coefficient (Wildman–Crippen LogP) is 4.59. The van der Waals surface area contributed by atoms with Crippen LogP contribution in [-0.2, 0) is 0 Å². The Morgan fingerprint density at radius 3 is 2.62 bits per heavy atom. The monoisotopic (exact) mass is 532 g/mol. The molecule has 5 rings (SSSR count). The summed E-state index contributed by atoms with van der Waals surface area (Å²) in [6.07, 6.45) is 5.81. The molecule has 1 aliphatic rings. The van der Waals surface area contributed by atoms with Gasteiger partial charge in [0.1, 0.15) is 17.4 Å². The number of likely N-dealkylation sites (tertiary alicyclic amines) is 1. The van der Waals surface area contributed by atoms with Gasteiger partial charge in [-0.1, -0.05) is 24.3 Å². The smallest absolute Gasteiger partial charge is 0.258 e. The van der Waals surface area contributed by atoms with E-state index in [2.05, 4.69) is 21.4 Å². The van der Waals surface area contributed by atoms with Gasteiger partial charge in [-0.2, -0.15) is 5.26 Å². The number of pyridine rings is 2. The Labute approximate surface area is 231 Å². The van der Waals surface area contributed by atoms with Crippen molar-refractivity contribution >= 4 is 17.6 Å². The molecule has 200 valence electrons. The zero-order chi connectivity index (χ0) is 28.1. The number of para-hydroxylation sites is 1. The first kappa shape index (κ1) is 26.5. The first-order chi connectivity index (χ1) is 19.5. The molecule has 2 aromatic carbocycles. The van der Waals surface area contributed by atoms with E-state index in [1.165, 1.54) is 12.3 Å². The van der Waals surface area contributed by atoms with Crippen LogP contribution in [0.4, 0.5) is 5.82 Å². The van der Waals surface area contributed by atoms with E-state index in [9.17, 15) is 20.0 Å². The summed E-state index contributed by atoms with van der Waals surface area (Å²) in [5, 5.41) is 23.5. The van der Waals surface area contributed by atoms with Crippen molar-refractivity contribution in [3.8, 4) is 34.2 Å². The lowest BCUT2D eigenvalue weighted by atomic mass is 9.95. The molecule has 1 atom stereocenters. The van der Waals surface area contributed by atoms with Gasteiger partial charge in [0.15, 0.2) is 5.82 Å². The lowest BCUT2D eigenvalue weighted by Crippen LogP contribution is -2.47. The van der Waals surface area contributed by atoms with Crippen molar-refractivity contribution in [3.05, 3.63) is 95.8 Å². The lowest BCUT2D eigenvalue weighted by Gasteiger charge is -2.35. The third kappa shape index (κ3) is 5.39. The highest BCUT2D eigenvalue weighted by molar-refractivity contribution is 6.05. The van der Waals surface area contributed by atoms with Crippen LogP contribution in [0.5, 0.6) is 5.75 Å². The van der Waals surface area contributed by atoms with E-state index in [1.807, 2.05) is 4.90 Å². The van der Waals surface area contributed by atoms with Gasteiger partial charge < -0.3 is 21.1 Å². The Hall–Kier alpha value is -5.07. The van der Waals surface area contributed by atoms with E-state index in [0.29, 0.717) is 46.6 Å². The predicted molar refractivity (Wildman–Crippen MR) is 151 cm³/mol. The molecule has 0 saturated carbocycles. The van der Waals surface area contributed by atoms with Crippen LogP contribution >= 0.6 is 0 Å². The van der Waals surface area contributed by atoms with Crippen LogP contribution in [0.3, 0.4) is 0 Å². The summed E-state index contributed by atoms with van der Waals surface area (Å²) in [5.41, 5.74) is 8.69. The van der Waals surface area contributed by atoms with Crippen LogP contribution in [0.25, 0.3) is 22.4 Å². The van der Waals surface area contributed by atoms with E-state index in [0.717, 1.165) is 19.3 Å². The van der Waals surface area contributed by atoms with Crippen LogP contribution in [0.1, 0.15) is 45.5 Å². The molecule has 2 amide bonds. The summed E-state index contributed by atoms with van der Waals surface area (Å²) in [6.45, 7) is 1.05. The number of piperidine rings is 1. The minimum absolute atomic E-state index is 0.00273. The molecular formula is C31H28N6O3. The number of nitriles is 1. The maximum Gasteiger partial charge on any atom is 0.258 e. The molecule has 0 bridgehead atoms. The number of phenols is 1. The average molecular weight is 533 g/mol. The van der Waals surface area contributed by atoms with Crippen molar-refractivity contribution in [3.63, 3.8) is 0 Å². The maximum atomic E-state index is 13.5. The quantitative estimate of drug-likeness (QED) is 0.329. The van der Waals surface area contributed by atoms with Gasteiger partial charge in [-0.25, -0.2) is 4.98 Å². The average Bonchev–Trinajstić information content (AvgIpc) is 3.01. The zero-order valence-electron chi connectivity index (χ0n) is 21.7. The second-order valence-corrected chi connectivity index (χ2v) is 9.57. The fourth-order valence-electron chi connectivity index (χ4n) is 4.98. The number of phenolic OH excluding ortho intramolecular Hbond substituents is 1. The van der Waals surface area contributed by atoms with Crippen molar-refractivity contribution < 1.29 is 14.7 Å². The van der Waals surface area contributed by atoms with Crippen LogP contribution in [0.15, 0.2) is 79.1 Å². The topological polar surface area (TPSA) is 145 Å². The van der Waals surface area contributed by atoms with Gasteiger partial charge >= 0.3 is 0 Å². The third-order valence-corrected chi connectivity index (χ3v) is 7.05. The van der Waals surface area contributed by atoms with Gasteiger partial charge in [-0.05, 0) is 67.3 Å². The second-order valence-electron chi connectivity index (χ2n) is 9.57. The highest BCUT2D eigenvalue weighted by Crippen LogP contribution is 2.36. The largest absolute Gasteiger partial charge is 0.507 e. The molecule has 40 heavy (non-hydrogen) atoms. The summed E-state index contributed by atoms with van der Waals surface area (Å²) in [4.78, 5) is 36.9. The van der Waals surface area contributed by atoms with Crippen LogP contribution in [0, 0.1) is 11.3 Å².